The van der Waals surface area contributed by atoms with Crippen molar-refractivity contribution in [3.05, 3.63) is 29.8 Å². The van der Waals surface area contributed by atoms with Crippen LogP contribution in [0.4, 0.5) is 4.79 Å². The van der Waals surface area contributed by atoms with Crippen molar-refractivity contribution in [1.29, 1.82) is 0 Å². The van der Waals surface area contributed by atoms with E-state index in [4.69, 9.17) is 4.74 Å². The van der Waals surface area contributed by atoms with Crippen LogP contribution in [0.2, 0.25) is 0 Å². The molecule has 1 fully saturated rings. The van der Waals surface area contributed by atoms with E-state index in [0.29, 0.717) is 12.6 Å². The summed E-state index contributed by atoms with van der Waals surface area (Å²) in [5, 5.41) is 15.7. The summed E-state index contributed by atoms with van der Waals surface area (Å²) in [6.07, 6.45) is 3.74. The zero-order chi connectivity index (χ0) is 16.9. The number of rotatable bonds is 7. The van der Waals surface area contributed by atoms with Crippen molar-refractivity contribution in [3.8, 4) is 5.75 Å². The number of carbonyl (C=O) groups is 1. The number of aliphatic hydroxyl groups is 1. The van der Waals surface area contributed by atoms with Crippen LogP contribution in [0.3, 0.4) is 0 Å². The van der Waals surface area contributed by atoms with Gasteiger partial charge in [-0.15, -0.1) is 0 Å². The number of urea groups is 1. The van der Waals surface area contributed by atoms with Crippen molar-refractivity contribution in [1.82, 2.24) is 10.6 Å². The number of carbonyl (C=O) groups excluding carboxylic acids is 1. The minimum absolute atomic E-state index is 0.0689. The number of hydrogen-bond acceptors (Lipinski definition) is 3. The molecule has 1 saturated carbocycles. The van der Waals surface area contributed by atoms with Gasteiger partial charge in [-0.25, -0.2) is 4.79 Å². The summed E-state index contributed by atoms with van der Waals surface area (Å²) in [7, 11) is 0. The second-order valence-electron chi connectivity index (χ2n) is 6.83. The van der Waals surface area contributed by atoms with Crippen molar-refractivity contribution in [2.45, 2.75) is 58.3 Å². The molecule has 0 saturated heterocycles. The topological polar surface area (TPSA) is 70.6 Å². The standard InChI is InChI=1S/C18H28N2O3/c1-13(2)18(3,22)12-20-17(21)19-11-14-7-4-5-10-16(14)23-15-8-6-9-15/h4-5,7,10,13,15,22H,6,8-9,11-12H2,1-3H3,(H2,19,20,21). The van der Waals surface area contributed by atoms with E-state index in [0.717, 1.165) is 24.2 Å². The Kier molecular flexibility index (Phi) is 5.88. The third-order valence-corrected chi connectivity index (χ3v) is 4.61. The number of hydrogen-bond donors (Lipinski definition) is 3. The van der Waals surface area contributed by atoms with E-state index < -0.39 is 5.60 Å². The summed E-state index contributed by atoms with van der Waals surface area (Å²) in [6.45, 7) is 6.19. The van der Waals surface area contributed by atoms with Crippen LogP contribution in [0.25, 0.3) is 0 Å². The van der Waals surface area contributed by atoms with Gasteiger partial charge < -0.3 is 20.5 Å². The fourth-order valence-corrected chi connectivity index (χ4v) is 2.13. The summed E-state index contributed by atoms with van der Waals surface area (Å²) in [6, 6.07) is 7.49. The number of nitrogens with one attached hydrogen (secondary N) is 2. The van der Waals surface area contributed by atoms with Crippen LogP contribution in [-0.4, -0.2) is 29.4 Å². The summed E-state index contributed by atoms with van der Waals surface area (Å²) in [5.41, 5.74) is 0.0490. The number of para-hydroxylation sites is 1. The van der Waals surface area contributed by atoms with Crippen molar-refractivity contribution >= 4 is 6.03 Å². The van der Waals surface area contributed by atoms with Crippen LogP contribution < -0.4 is 15.4 Å². The molecule has 1 unspecified atom stereocenters. The predicted octanol–water partition coefficient (Wildman–Crippen LogP) is 2.82. The number of benzene rings is 1. The lowest BCUT2D eigenvalue weighted by Crippen LogP contribution is -2.47. The average molecular weight is 320 g/mol. The Bertz CT molecular complexity index is 525. The van der Waals surface area contributed by atoms with Gasteiger partial charge in [0, 0.05) is 18.7 Å². The van der Waals surface area contributed by atoms with Crippen molar-refractivity contribution in [2.24, 2.45) is 5.92 Å². The van der Waals surface area contributed by atoms with Gasteiger partial charge in [0.15, 0.2) is 0 Å². The van der Waals surface area contributed by atoms with Gasteiger partial charge in [0.05, 0.1) is 11.7 Å². The monoisotopic (exact) mass is 320 g/mol. The maximum Gasteiger partial charge on any atom is 0.315 e. The summed E-state index contributed by atoms with van der Waals surface area (Å²) in [4.78, 5) is 11.9. The molecule has 0 bridgehead atoms. The molecule has 2 rings (SSSR count). The summed E-state index contributed by atoms with van der Waals surface area (Å²) >= 11 is 0. The molecule has 5 heteroatoms. The van der Waals surface area contributed by atoms with Crippen LogP contribution >= 0.6 is 0 Å². The van der Waals surface area contributed by atoms with E-state index in [1.54, 1.807) is 6.92 Å². The molecule has 0 radical (unpaired) electrons. The van der Waals surface area contributed by atoms with Crippen molar-refractivity contribution < 1.29 is 14.6 Å². The van der Waals surface area contributed by atoms with Crippen molar-refractivity contribution in [2.75, 3.05) is 6.54 Å². The molecule has 0 heterocycles. The lowest BCUT2D eigenvalue weighted by Gasteiger charge is -2.28. The van der Waals surface area contributed by atoms with E-state index in [1.165, 1.54) is 6.42 Å². The fourth-order valence-electron chi connectivity index (χ4n) is 2.13. The first-order valence-corrected chi connectivity index (χ1v) is 8.37. The third-order valence-electron chi connectivity index (χ3n) is 4.61. The van der Waals surface area contributed by atoms with E-state index in [9.17, 15) is 9.90 Å². The highest BCUT2D eigenvalue weighted by Gasteiger charge is 2.25. The molecule has 1 aromatic carbocycles. The maximum absolute atomic E-state index is 11.9. The first-order valence-electron chi connectivity index (χ1n) is 8.37. The molecular formula is C18H28N2O3. The first kappa shape index (κ1) is 17.6. The normalized spacial score (nSPS) is 17.3. The van der Waals surface area contributed by atoms with Gasteiger partial charge in [0.25, 0.3) is 0 Å². The smallest absolute Gasteiger partial charge is 0.315 e. The molecule has 0 aromatic heterocycles. The number of ether oxygens (including phenoxy) is 1. The van der Waals surface area contributed by atoms with E-state index in [-0.39, 0.29) is 18.5 Å². The van der Waals surface area contributed by atoms with Crippen molar-refractivity contribution in [3.63, 3.8) is 0 Å². The van der Waals surface area contributed by atoms with Crippen LogP contribution in [0.5, 0.6) is 5.75 Å². The minimum Gasteiger partial charge on any atom is -0.490 e. The van der Waals surface area contributed by atoms with Gasteiger partial charge in [-0.1, -0.05) is 32.0 Å². The molecule has 1 aliphatic carbocycles. The second kappa shape index (κ2) is 7.68. The SMILES string of the molecule is CC(C)C(C)(O)CNC(=O)NCc1ccccc1OC1CCC1. The molecule has 128 valence electrons. The second-order valence-corrected chi connectivity index (χ2v) is 6.83. The van der Waals surface area contributed by atoms with Crippen LogP contribution in [0, 0.1) is 5.92 Å². The van der Waals surface area contributed by atoms with Gasteiger partial charge in [-0.3, -0.25) is 0 Å². The predicted molar refractivity (Wildman–Crippen MR) is 90.4 cm³/mol. The lowest BCUT2D eigenvalue weighted by molar-refractivity contribution is 0.0166. The lowest BCUT2D eigenvalue weighted by atomic mass is 9.93. The molecule has 0 aliphatic heterocycles. The van der Waals surface area contributed by atoms with E-state index in [1.807, 2.05) is 38.1 Å². The largest absolute Gasteiger partial charge is 0.490 e. The molecule has 2 amide bonds. The Hall–Kier alpha value is -1.75. The molecule has 0 spiro atoms. The fraction of sp³-hybridized carbons (Fsp3) is 0.611. The Labute approximate surface area is 138 Å². The van der Waals surface area contributed by atoms with Gasteiger partial charge in [-0.05, 0) is 38.2 Å². The quantitative estimate of drug-likeness (QED) is 0.723. The molecule has 3 N–H and O–H groups in total. The highest BCUT2D eigenvalue weighted by atomic mass is 16.5. The molecule has 23 heavy (non-hydrogen) atoms. The molecule has 1 aromatic rings. The van der Waals surface area contributed by atoms with Gasteiger partial charge in [0.2, 0.25) is 0 Å². The Morgan fingerprint density at radius 1 is 1.35 bits per heavy atom. The number of amides is 2. The molecule has 1 aliphatic rings. The first-order chi connectivity index (χ1) is 10.9. The highest BCUT2D eigenvalue weighted by Crippen LogP contribution is 2.27. The Balaban J connectivity index is 1.82. The Morgan fingerprint density at radius 2 is 2.04 bits per heavy atom. The highest BCUT2D eigenvalue weighted by molar-refractivity contribution is 5.74. The Morgan fingerprint density at radius 3 is 2.65 bits per heavy atom. The van der Waals surface area contributed by atoms with Crippen LogP contribution in [-0.2, 0) is 6.54 Å². The molecule has 1 atom stereocenters. The maximum atomic E-state index is 11.9. The zero-order valence-corrected chi connectivity index (χ0v) is 14.3. The van der Waals surface area contributed by atoms with Gasteiger partial charge in [0.1, 0.15) is 5.75 Å². The molecule has 5 nitrogen and oxygen atoms in total. The molecular weight excluding hydrogens is 292 g/mol. The van der Waals surface area contributed by atoms with Crippen LogP contribution in [0.1, 0.15) is 45.6 Å². The summed E-state index contributed by atoms with van der Waals surface area (Å²) < 4.78 is 5.95. The summed E-state index contributed by atoms with van der Waals surface area (Å²) in [5.74, 6) is 0.908. The zero-order valence-electron chi connectivity index (χ0n) is 14.3. The average Bonchev–Trinajstić information content (AvgIpc) is 2.47. The minimum atomic E-state index is -0.914. The van der Waals surface area contributed by atoms with E-state index >= 15 is 0 Å². The van der Waals surface area contributed by atoms with Crippen LogP contribution in [0.15, 0.2) is 24.3 Å². The third kappa shape index (κ3) is 5.13. The van der Waals surface area contributed by atoms with Gasteiger partial charge >= 0.3 is 6.03 Å². The van der Waals surface area contributed by atoms with E-state index in [2.05, 4.69) is 10.6 Å². The van der Waals surface area contributed by atoms with Gasteiger partial charge in [-0.2, -0.15) is 0 Å².